The second-order valence-electron chi connectivity index (χ2n) is 5.10. The van der Waals surface area contributed by atoms with Gasteiger partial charge in [-0.3, -0.25) is 4.79 Å². The van der Waals surface area contributed by atoms with Gasteiger partial charge in [0.25, 0.3) is 0 Å². The molecule has 0 bridgehead atoms. The topological polar surface area (TPSA) is 66.8 Å². The van der Waals surface area contributed by atoms with Crippen molar-refractivity contribution in [2.75, 3.05) is 19.8 Å². The van der Waals surface area contributed by atoms with Crippen molar-refractivity contribution in [3.05, 3.63) is 33.3 Å². The lowest BCUT2D eigenvalue weighted by molar-refractivity contribution is -0.147. The standard InChI is InChI=1S/C15H17Cl2NO4/c1-2-13-11-5-9(16)6-12(17)10(11)3-4-18(13)14(19)7-22-8-15(20)21/h5-6,13H,2-4,7-8H2,1H3,(H,20,21). The Morgan fingerprint density at radius 1 is 1.36 bits per heavy atom. The Kier molecular flexibility index (Phi) is 5.67. The second kappa shape index (κ2) is 7.31. The Morgan fingerprint density at radius 3 is 2.73 bits per heavy atom. The molecule has 0 aliphatic carbocycles. The molecule has 5 nitrogen and oxygen atoms in total. The van der Waals surface area contributed by atoms with E-state index in [1.807, 2.05) is 13.0 Å². The van der Waals surface area contributed by atoms with Gasteiger partial charge in [0.15, 0.2) is 0 Å². The average Bonchev–Trinajstić information content (AvgIpc) is 2.45. The zero-order valence-electron chi connectivity index (χ0n) is 12.1. The number of fused-ring (bicyclic) bond motifs is 1. The highest BCUT2D eigenvalue weighted by Crippen LogP contribution is 2.37. The van der Waals surface area contributed by atoms with Gasteiger partial charge in [0.05, 0.1) is 6.04 Å². The van der Waals surface area contributed by atoms with Gasteiger partial charge in [0.1, 0.15) is 13.2 Å². The molecule has 1 N–H and O–H groups in total. The normalized spacial score (nSPS) is 17.2. The van der Waals surface area contributed by atoms with E-state index in [-0.39, 0.29) is 18.6 Å². The van der Waals surface area contributed by atoms with Gasteiger partial charge in [-0.15, -0.1) is 0 Å². The highest BCUT2D eigenvalue weighted by atomic mass is 35.5. The van der Waals surface area contributed by atoms with Crippen LogP contribution >= 0.6 is 23.2 Å². The van der Waals surface area contributed by atoms with Crippen molar-refractivity contribution in [2.24, 2.45) is 0 Å². The van der Waals surface area contributed by atoms with Crippen molar-refractivity contribution < 1.29 is 19.4 Å². The fourth-order valence-electron chi connectivity index (χ4n) is 2.79. The van der Waals surface area contributed by atoms with Crippen molar-refractivity contribution in [3.63, 3.8) is 0 Å². The molecule has 0 aromatic heterocycles. The van der Waals surface area contributed by atoms with Crippen LogP contribution in [-0.2, 0) is 20.7 Å². The molecule has 0 saturated carbocycles. The monoisotopic (exact) mass is 345 g/mol. The molecule has 1 aliphatic heterocycles. The van der Waals surface area contributed by atoms with E-state index in [4.69, 9.17) is 33.0 Å². The summed E-state index contributed by atoms with van der Waals surface area (Å²) in [6.45, 7) is 1.78. The summed E-state index contributed by atoms with van der Waals surface area (Å²) in [5.74, 6) is -1.32. The minimum absolute atomic E-state index is 0.124. The van der Waals surface area contributed by atoms with Crippen LogP contribution in [0, 0.1) is 0 Å². The molecular weight excluding hydrogens is 329 g/mol. The van der Waals surface area contributed by atoms with Crippen LogP contribution < -0.4 is 0 Å². The third kappa shape index (κ3) is 3.72. The number of carboxylic acid groups (broad SMARTS) is 1. The first-order valence-corrected chi connectivity index (χ1v) is 7.76. The highest BCUT2D eigenvalue weighted by Gasteiger charge is 2.31. The molecule has 1 unspecified atom stereocenters. The van der Waals surface area contributed by atoms with Crippen LogP contribution in [-0.4, -0.2) is 41.6 Å². The summed E-state index contributed by atoms with van der Waals surface area (Å²) in [5, 5.41) is 9.71. The largest absolute Gasteiger partial charge is 0.480 e. The number of aliphatic carboxylic acids is 1. The van der Waals surface area contributed by atoms with E-state index in [1.54, 1.807) is 11.0 Å². The fourth-order valence-corrected chi connectivity index (χ4v) is 3.39. The summed E-state index contributed by atoms with van der Waals surface area (Å²) in [6, 6.07) is 3.43. The summed E-state index contributed by atoms with van der Waals surface area (Å²) in [5.41, 5.74) is 1.98. The molecule has 0 saturated heterocycles. The average molecular weight is 346 g/mol. The zero-order chi connectivity index (χ0) is 16.3. The third-order valence-corrected chi connectivity index (χ3v) is 4.25. The Balaban J connectivity index is 2.17. The number of amides is 1. The number of hydrogen-bond acceptors (Lipinski definition) is 3. The van der Waals surface area contributed by atoms with E-state index in [0.29, 0.717) is 29.4 Å². The predicted molar refractivity (Wildman–Crippen MR) is 83.4 cm³/mol. The van der Waals surface area contributed by atoms with E-state index >= 15 is 0 Å². The molecule has 1 aromatic carbocycles. The van der Waals surface area contributed by atoms with Crippen LogP contribution in [0.15, 0.2) is 12.1 Å². The lowest BCUT2D eigenvalue weighted by atomic mass is 9.91. The van der Waals surface area contributed by atoms with Crippen LogP contribution in [0.2, 0.25) is 10.0 Å². The molecule has 0 fully saturated rings. The van der Waals surface area contributed by atoms with E-state index in [1.165, 1.54) is 0 Å². The maximum absolute atomic E-state index is 12.3. The lowest BCUT2D eigenvalue weighted by Crippen LogP contribution is -2.42. The molecule has 2 rings (SSSR count). The van der Waals surface area contributed by atoms with Crippen LogP contribution in [0.4, 0.5) is 0 Å². The van der Waals surface area contributed by atoms with Crippen LogP contribution in [0.1, 0.15) is 30.5 Å². The number of ether oxygens (including phenoxy) is 1. The molecule has 1 aromatic rings. The second-order valence-corrected chi connectivity index (χ2v) is 5.95. The molecular formula is C15H17Cl2NO4. The summed E-state index contributed by atoms with van der Waals surface area (Å²) in [6.07, 6.45) is 1.36. The van der Waals surface area contributed by atoms with E-state index in [0.717, 1.165) is 11.1 Å². The van der Waals surface area contributed by atoms with Gasteiger partial charge < -0.3 is 14.7 Å². The van der Waals surface area contributed by atoms with E-state index < -0.39 is 12.6 Å². The number of halogens is 2. The molecule has 1 heterocycles. The van der Waals surface area contributed by atoms with E-state index in [2.05, 4.69) is 0 Å². The van der Waals surface area contributed by atoms with Crippen molar-refractivity contribution >= 4 is 35.1 Å². The minimum atomic E-state index is -1.10. The molecule has 1 aliphatic rings. The summed E-state index contributed by atoms with van der Waals surface area (Å²) in [7, 11) is 0. The number of carboxylic acids is 1. The Bertz CT molecular complexity index is 591. The summed E-state index contributed by atoms with van der Waals surface area (Å²) in [4.78, 5) is 24.4. The molecule has 0 spiro atoms. The highest BCUT2D eigenvalue weighted by molar-refractivity contribution is 6.35. The number of rotatable bonds is 5. The van der Waals surface area contributed by atoms with Gasteiger partial charge in [0.2, 0.25) is 5.91 Å². The van der Waals surface area contributed by atoms with Crippen LogP contribution in [0.5, 0.6) is 0 Å². The molecule has 120 valence electrons. The Morgan fingerprint density at radius 2 is 2.09 bits per heavy atom. The van der Waals surface area contributed by atoms with Crippen molar-refractivity contribution in [3.8, 4) is 0 Å². The quantitative estimate of drug-likeness (QED) is 0.890. The fraction of sp³-hybridized carbons (Fsp3) is 0.467. The SMILES string of the molecule is CCC1c2cc(Cl)cc(Cl)c2CCN1C(=O)COCC(=O)O. The predicted octanol–water partition coefficient (Wildman–Crippen LogP) is 2.93. The van der Waals surface area contributed by atoms with E-state index in [9.17, 15) is 9.59 Å². The number of benzene rings is 1. The Labute approximate surface area is 138 Å². The first kappa shape index (κ1) is 17.1. The number of carbonyl (C=O) groups is 2. The first-order valence-electron chi connectivity index (χ1n) is 7.00. The maximum Gasteiger partial charge on any atom is 0.329 e. The zero-order valence-corrected chi connectivity index (χ0v) is 13.7. The van der Waals surface area contributed by atoms with Crippen LogP contribution in [0.3, 0.4) is 0 Å². The maximum atomic E-state index is 12.3. The minimum Gasteiger partial charge on any atom is -0.480 e. The molecule has 1 atom stereocenters. The van der Waals surface area contributed by atoms with Gasteiger partial charge in [-0.1, -0.05) is 30.1 Å². The van der Waals surface area contributed by atoms with Gasteiger partial charge in [-0.05, 0) is 36.1 Å². The number of nitrogens with zero attached hydrogens (tertiary/aromatic N) is 1. The smallest absolute Gasteiger partial charge is 0.329 e. The van der Waals surface area contributed by atoms with Crippen LogP contribution in [0.25, 0.3) is 0 Å². The third-order valence-electron chi connectivity index (χ3n) is 3.69. The lowest BCUT2D eigenvalue weighted by Gasteiger charge is -2.37. The summed E-state index contributed by atoms with van der Waals surface area (Å²) < 4.78 is 4.90. The van der Waals surface area contributed by atoms with Crippen molar-refractivity contribution in [1.82, 2.24) is 4.90 Å². The van der Waals surface area contributed by atoms with Gasteiger partial charge >= 0.3 is 5.97 Å². The number of hydrogen-bond donors (Lipinski definition) is 1. The summed E-state index contributed by atoms with van der Waals surface area (Å²) >= 11 is 12.3. The molecule has 7 heteroatoms. The van der Waals surface area contributed by atoms with Gasteiger partial charge in [0, 0.05) is 16.6 Å². The van der Waals surface area contributed by atoms with Crippen molar-refractivity contribution in [2.45, 2.75) is 25.8 Å². The molecule has 0 radical (unpaired) electrons. The van der Waals surface area contributed by atoms with Gasteiger partial charge in [-0.25, -0.2) is 4.79 Å². The first-order chi connectivity index (χ1) is 10.4. The van der Waals surface area contributed by atoms with Crippen molar-refractivity contribution in [1.29, 1.82) is 0 Å². The Hall–Kier alpha value is -1.30. The van der Waals surface area contributed by atoms with Gasteiger partial charge in [-0.2, -0.15) is 0 Å². The number of carbonyl (C=O) groups excluding carboxylic acids is 1. The molecule has 22 heavy (non-hydrogen) atoms. The molecule has 1 amide bonds.